The molecule has 0 aliphatic carbocycles. The summed E-state index contributed by atoms with van der Waals surface area (Å²) in [5, 5.41) is 23.7. The van der Waals surface area contributed by atoms with Crippen molar-refractivity contribution in [2.75, 3.05) is 10.6 Å². The van der Waals surface area contributed by atoms with Crippen molar-refractivity contribution in [2.24, 2.45) is 0 Å². The summed E-state index contributed by atoms with van der Waals surface area (Å²) in [4.78, 5) is 33.0. The monoisotopic (exact) mass is 742 g/mol. The van der Waals surface area contributed by atoms with E-state index in [2.05, 4.69) is 82.8 Å². The normalized spacial score (nSPS) is 11.0. The summed E-state index contributed by atoms with van der Waals surface area (Å²) in [6, 6.07) is 26.9. The third-order valence-corrected chi connectivity index (χ3v) is 8.46. The van der Waals surface area contributed by atoms with E-state index in [0.29, 0.717) is 49.4 Å². The van der Waals surface area contributed by atoms with E-state index in [1.54, 1.807) is 46.0 Å². The number of aromatic hydroxyl groups is 1. The average molecular weight is 743 g/mol. The molecule has 12 nitrogen and oxygen atoms in total. The molecule has 0 aliphatic heterocycles. The van der Waals surface area contributed by atoms with Crippen molar-refractivity contribution < 1.29 is 19.4 Å². The van der Waals surface area contributed by atoms with E-state index < -0.39 is 0 Å². The molecule has 6 aromatic rings. The van der Waals surface area contributed by atoms with E-state index in [1.807, 2.05) is 56.4 Å². The number of pyridine rings is 2. The first-order valence-corrected chi connectivity index (χ1v) is 18.5. The van der Waals surface area contributed by atoms with Gasteiger partial charge >= 0.3 is 0 Å². The molecule has 0 radical (unpaired) electrons. The number of ether oxygens (including phenoxy) is 1. The quantitative estimate of drug-likeness (QED) is 0.103. The van der Waals surface area contributed by atoms with Gasteiger partial charge in [-0.3, -0.25) is 28.9 Å². The Kier molecular flexibility index (Phi) is 13.9. The van der Waals surface area contributed by atoms with Gasteiger partial charge in [0.15, 0.2) is 11.6 Å². The van der Waals surface area contributed by atoms with E-state index in [1.165, 1.54) is 17.3 Å². The standard InChI is InChI=1S/C23H28N4O2.C20H22N4O2/c1-16(2)19-7-5-18(6-8-19)13-23(28)25-22-11-12-27(26-22)15-20-9-10-21(14-24-20)29-17(3)4;1-14(2)16-5-3-15(4-6-16)11-20(26)22-19-9-10-24(23-19)13-17-7-8-18(25)12-21-17/h5-12,14,16-17H,13,15H2,1-4H3,(H,25,26,28);3-10,12,14,25H,11,13H2,1-2H3,(H,22,23,26). The third kappa shape index (κ3) is 13.0. The first-order valence-electron chi connectivity index (χ1n) is 18.5. The van der Waals surface area contributed by atoms with Crippen molar-refractivity contribution in [3.05, 3.63) is 143 Å². The molecule has 4 heterocycles. The number of anilines is 2. The number of amides is 2. The molecule has 0 spiro atoms. The molecular weight excluding hydrogens is 693 g/mol. The van der Waals surface area contributed by atoms with Crippen molar-refractivity contribution in [2.45, 2.75) is 85.4 Å². The fourth-order valence-corrected chi connectivity index (χ4v) is 5.51. The summed E-state index contributed by atoms with van der Waals surface area (Å²) in [5.41, 5.74) is 6.13. The van der Waals surface area contributed by atoms with Gasteiger partial charge in [0.05, 0.1) is 55.8 Å². The lowest BCUT2D eigenvalue weighted by atomic mass is 10.0. The molecule has 0 fully saturated rings. The van der Waals surface area contributed by atoms with Crippen molar-refractivity contribution in [3.8, 4) is 11.5 Å². The topological polar surface area (TPSA) is 149 Å². The van der Waals surface area contributed by atoms with Gasteiger partial charge in [-0.1, -0.05) is 76.2 Å². The molecular formula is C43H50N8O4. The lowest BCUT2D eigenvalue weighted by Crippen LogP contribution is -2.15. The summed E-state index contributed by atoms with van der Waals surface area (Å²) in [7, 11) is 0. The van der Waals surface area contributed by atoms with E-state index >= 15 is 0 Å². The van der Waals surface area contributed by atoms with Crippen LogP contribution < -0.4 is 15.4 Å². The predicted molar refractivity (Wildman–Crippen MR) is 214 cm³/mol. The molecule has 0 saturated carbocycles. The maximum absolute atomic E-state index is 12.3. The van der Waals surface area contributed by atoms with Crippen molar-refractivity contribution >= 4 is 23.5 Å². The number of benzene rings is 2. The van der Waals surface area contributed by atoms with Gasteiger partial charge in [-0.05, 0) is 72.2 Å². The van der Waals surface area contributed by atoms with Crippen LogP contribution in [0.4, 0.5) is 11.6 Å². The maximum Gasteiger partial charge on any atom is 0.229 e. The smallest absolute Gasteiger partial charge is 0.229 e. The zero-order valence-corrected chi connectivity index (χ0v) is 32.3. The lowest BCUT2D eigenvalue weighted by Gasteiger charge is -2.09. The summed E-state index contributed by atoms with van der Waals surface area (Å²) < 4.78 is 9.04. The lowest BCUT2D eigenvalue weighted by molar-refractivity contribution is -0.116. The predicted octanol–water partition coefficient (Wildman–Crippen LogP) is 7.75. The molecule has 6 rings (SSSR count). The first kappa shape index (κ1) is 39.9. The maximum atomic E-state index is 12.3. The van der Waals surface area contributed by atoms with E-state index in [0.717, 1.165) is 28.3 Å². The summed E-state index contributed by atoms with van der Waals surface area (Å²) in [5.74, 6) is 2.69. The number of nitrogens with one attached hydrogen (secondary N) is 2. The molecule has 4 aromatic heterocycles. The third-order valence-electron chi connectivity index (χ3n) is 8.46. The zero-order chi connectivity index (χ0) is 39.3. The summed E-state index contributed by atoms with van der Waals surface area (Å²) in [6.07, 6.45) is 7.47. The van der Waals surface area contributed by atoms with Gasteiger partial charge in [0.1, 0.15) is 11.5 Å². The second-order valence-electron chi connectivity index (χ2n) is 14.2. The van der Waals surface area contributed by atoms with Gasteiger partial charge in [0, 0.05) is 24.5 Å². The number of aromatic nitrogens is 6. The number of carbonyl (C=O) groups excluding carboxylic acids is 2. The Morgan fingerprint density at radius 3 is 1.45 bits per heavy atom. The summed E-state index contributed by atoms with van der Waals surface area (Å²) >= 11 is 0. The van der Waals surface area contributed by atoms with Gasteiger partial charge in [-0.2, -0.15) is 10.2 Å². The zero-order valence-electron chi connectivity index (χ0n) is 32.3. The number of hydrogen-bond donors (Lipinski definition) is 3. The van der Waals surface area contributed by atoms with Crippen LogP contribution in [0.25, 0.3) is 0 Å². The van der Waals surface area contributed by atoms with Gasteiger partial charge in [-0.15, -0.1) is 0 Å². The van der Waals surface area contributed by atoms with Gasteiger partial charge in [0.25, 0.3) is 0 Å². The highest BCUT2D eigenvalue weighted by Gasteiger charge is 2.10. The van der Waals surface area contributed by atoms with Gasteiger partial charge in [0.2, 0.25) is 11.8 Å². The molecule has 55 heavy (non-hydrogen) atoms. The second kappa shape index (κ2) is 19.2. The van der Waals surface area contributed by atoms with Crippen molar-refractivity contribution in [1.29, 1.82) is 0 Å². The van der Waals surface area contributed by atoms with E-state index in [-0.39, 0.29) is 23.7 Å². The molecule has 0 aliphatic rings. The van der Waals surface area contributed by atoms with E-state index in [4.69, 9.17) is 4.74 Å². The second-order valence-corrected chi connectivity index (χ2v) is 14.2. The van der Waals surface area contributed by atoms with Crippen LogP contribution in [-0.2, 0) is 35.5 Å². The highest BCUT2D eigenvalue weighted by atomic mass is 16.5. The number of nitrogens with zero attached hydrogens (tertiary/aromatic N) is 6. The largest absolute Gasteiger partial charge is 0.506 e. The fraction of sp³-hybridized carbons (Fsp3) is 0.302. The number of rotatable bonds is 14. The number of carbonyl (C=O) groups is 2. The van der Waals surface area contributed by atoms with E-state index in [9.17, 15) is 14.7 Å². The van der Waals surface area contributed by atoms with Crippen LogP contribution in [0, 0.1) is 0 Å². The van der Waals surface area contributed by atoms with Crippen LogP contribution in [0.2, 0.25) is 0 Å². The average Bonchev–Trinajstić information content (AvgIpc) is 3.78. The Bertz CT molecular complexity index is 2100. The highest BCUT2D eigenvalue weighted by Crippen LogP contribution is 2.17. The molecule has 2 aromatic carbocycles. The molecule has 0 bridgehead atoms. The Hall–Kier alpha value is -6.30. The van der Waals surface area contributed by atoms with Crippen LogP contribution in [0.5, 0.6) is 11.5 Å². The van der Waals surface area contributed by atoms with Crippen LogP contribution in [0.3, 0.4) is 0 Å². The molecule has 2 amide bonds. The Balaban J connectivity index is 0.000000212. The first-order chi connectivity index (χ1) is 26.4. The molecule has 0 unspecified atom stereocenters. The van der Waals surface area contributed by atoms with Crippen LogP contribution >= 0.6 is 0 Å². The van der Waals surface area contributed by atoms with Crippen molar-refractivity contribution in [3.63, 3.8) is 0 Å². The minimum absolute atomic E-state index is 0.0825. The Labute approximate surface area is 322 Å². The van der Waals surface area contributed by atoms with Gasteiger partial charge in [-0.25, -0.2) is 0 Å². The van der Waals surface area contributed by atoms with Crippen LogP contribution in [0.1, 0.15) is 87.0 Å². The molecule has 286 valence electrons. The Morgan fingerprint density at radius 1 is 0.618 bits per heavy atom. The van der Waals surface area contributed by atoms with Crippen molar-refractivity contribution in [1.82, 2.24) is 29.5 Å². The summed E-state index contributed by atoms with van der Waals surface area (Å²) in [6.45, 7) is 13.5. The Morgan fingerprint density at radius 2 is 1.07 bits per heavy atom. The SMILES string of the molecule is CC(C)Oc1ccc(Cn2ccc(NC(=O)Cc3ccc(C(C)C)cc3)n2)nc1.CC(C)c1ccc(CC(=O)Nc2ccn(Cc3ccc(O)cn3)n2)cc1. The molecule has 3 N–H and O–H groups in total. The molecule has 12 heteroatoms. The van der Waals surface area contributed by atoms with Gasteiger partial charge < -0.3 is 20.5 Å². The molecule has 0 atom stereocenters. The highest BCUT2D eigenvalue weighted by molar-refractivity contribution is 5.91. The fourth-order valence-electron chi connectivity index (χ4n) is 5.51. The minimum Gasteiger partial charge on any atom is -0.506 e. The number of hydrogen-bond acceptors (Lipinski definition) is 8. The van der Waals surface area contributed by atoms with Crippen LogP contribution in [-0.4, -0.2) is 52.6 Å². The molecule has 0 saturated heterocycles. The minimum atomic E-state index is -0.102. The van der Waals surface area contributed by atoms with Crippen LogP contribution in [0.15, 0.2) is 110 Å².